The van der Waals surface area contributed by atoms with E-state index in [9.17, 15) is 13.5 Å². The van der Waals surface area contributed by atoms with Crippen molar-refractivity contribution in [3.8, 4) is 0 Å². The highest BCUT2D eigenvalue weighted by atomic mass is 32.2. The van der Waals surface area contributed by atoms with E-state index >= 15 is 0 Å². The van der Waals surface area contributed by atoms with Crippen molar-refractivity contribution in [1.29, 1.82) is 0 Å². The fourth-order valence-electron chi connectivity index (χ4n) is 3.18. The van der Waals surface area contributed by atoms with Crippen LogP contribution in [0.3, 0.4) is 0 Å². The van der Waals surface area contributed by atoms with Gasteiger partial charge in [0, 0.05) is 10.8 Å². The van der Waals surface area contributed by atoms with Gasteiger partial charge in [0.15, 0.2) is 0 Å². The van der Waals surface area contributed by atoms with Crippen LogP contribution in [0.1, 0.15) is 33.9 Å². The van der Waals surface area contributed by atoms with E-state index in [1.54, 1.807) is 11.3 Å². The first-order valence-electron chi connectivity index (χ1n) is 7.60. The molecule has 23 heavy (non-hydrogen) atoms. The Morgan fingerprint density at radius 2 is 2.04 bits per heavy atom. The van der Waals surface area contributed by atoms with E-state index in [-0.39, 0.29) is 12.5 Å². The van der Waals surface area contributed by atoms with Crippen LogP contribution in [-0.2, 0) is 27.1 Å². The molecule has 3 rings (SSSR count). The van der Waals surface area contributed by atoms with E-state index in [0.717, 1.165) is 19.1 Å². The Balaban J connectivity index is 1.86. The van der Waals surface area contributed by atoms with Crippen LogP contribution in [0.4, 0.5) is 0 Å². The van der Waals surface area contributed by atoms with E-state index < -0.39 is 16.2 Å². The van der Waals surface area contributed by atoms with Gasteiger partial charge in [-0.1, -0.05) is 24.3 Å². The van der Waals surface area contributed by atoms with Gasteiger partial charge in [-0.15, -0.1) is 11.3 Å². The molecule has 0 aliphatic heterocycles. The molecule has 2 atom stereocenters. The van der Waals surface area contributed by atoms with E-state index in [4.69, 9.17) is 4.18 Å². The number of thiophene rings is 1. The van der Waals surface area contributed by atoms with Crippen LogP contribution in [0.5, 0.6) is 0 Å². The Morgan fingerprint density at radius 3 is 2.83 bits per heavy atom. The van der Waals surface area contributed by atoms with Crippen LogP contribution < -0.4 is 0 Å². The summed E-state index contributed by atoms with van der Waals surface area (Å²) >= 11 is 1.75. The Labute approximate surface area is 140 Å². The van der Waals surface area contributed by atoms with Gasteiger partial charge >= 0.3 is 0 Å². The topological polar surface area (TPSA) is 63.6 Å². The quantitative estimate of drug-likeness (QED) is 0.841. The van der Waals surface area contributed by atoms with Crippen molar-refractivity contribution in [3.63, 3.8) is 0 Å². The van der Waals surface area contributed by atoms with E-state index in [1.165, 1.54) is 21.6 Å². The molecule has 0 saturated carbocycles. The van der Waals surface area contributed by atoms with Crippen molar-refractivity contribution in [3.05, 3.63) is 57.3 Å². The van der Waals surface area contributed by atoms with Crippen LogP contribution in [0.25, 0.3) is 0 Å². The first-order chi connectivity index (χ1) is 10.9. The maximum absolute atomic E-state index is 11.1. The molecule has 1 heterocycles. The van der Waals surface area contributed by atoms with Crippen molar-refractivity contribution in [2.45, 2.75) is 31.3 Å². The molecule has 6 heteroatoms. The Hall–Kier alpha value is -1.21. The summed E-state index contributed by atoms with van der Waals surface area (Å²) < 4.78 is 27.0. The maximum Gasteiger partial charge on any atom is 0.264 e. The lowest BCUT2D eigenvalue weighted by molar-refractivity contribution is 0.0998. The number of hydrogen-bond donors (Lipinski definition) is 1. The monoisotopic (exact) mass is 352 g/mol. The van der Waals surface area contributed by atoms with Crippen molar-refractivity contribution < 1.29 is 17.7 Å². The second-order valence-corrected chi connectivity index (χ2v) is 8.57. The number of aliphatic hydroxyl groups is 1. The molecule has 1 aromatic heterocycles. The summed E-state index contributed by atoms with van der Waals surface area (Å²) in [4.78, 5) is 1.35. The van der Waals surface area contributed by atoms with Crippen molar-refractivity contribution in [2.24, 2.45) is 0 Å². The highest BCUT2D eigenvalue weighted by Gasteiger charge is 2.26. The lowest BCUT2D eigenvalue weighted by Crippen LogP contribution is -2.21. The zero-order valence-corrected chi connectivity index (χ0v) is 14.6. The van der Waals surface area contributed by atoms with Gasteiger partial charge in [-0.25, -0.2) is 0 Å². The Bertz CT molecular complexity index is 779. The highest BCUT2D eigenvalue weighted by molar-refractivity contribution is 7.85. The van der Waals surface area contributed by atoms with Crippen LogP contribution >= 0.6 is 11.3 Å². The third-order valence-electron chi connectivity index (χ3n) is 4.19. The molecule has 0 bridgehead atoms. The fourth-order valence-corrected chi connectivity index (χ4v) is 4.53. The van der Waals surface area contributed by atoms with Gasteiger partial charge in [0.05, 0.1) is 19.0 Å². The number of hydrogen-bond acceptors (Lipinski definition) is 5. The first-order valence-corrected chi connectivity index (χ1v) is 10.3. The SMILES string of the molecule is CS(=O)(=O)OCC(O)CC1c2ccccc2CCc2sccc21. The van der Waals surface area contributed by atoms with E-state index in [0.29, 0.717) is 6.42 Å². The standard InChI is InChI=1S/C17H20O4S2/c1-23(19,20)21-11-13(18)10-16-14-5-3-2-4-12(14)6-7-17-15(16)8-9-22-17/h2-5,8-9,13,16,18H,6-7,10-11H2,1H3. The van der Waals surface area contributed by atoms with Gasteiger partial charge < -0.3 is 5.11 Å². The second-order valence-electron chi connectivity index (χ2n) is 5.93. The predicted molar refractivity (Wildman–Crippen MR) is 91.4 cm³/mol. The summed E-state index contributed by atoms with van der Waals surface area (Å²) in [6.45, 7) is -0.197. The summed E-state index contributed by atoms with van der Waals surface area (Å²) in [5.41, 5.74) is 3.78. The molecule has 2 aromatic rings. The number of aliphatic hydroxyl groups excluding tert-OH is 1. The van der Waals surface area contributed by atoms with Crippen LogP contribution in [0.2, 0.25) is 0 Å². The molecule has 1 N–H and O–H groups in total. The van der Waals surface area contributed by atoms with Crippen LogP contribution in [0.15, 0.2) is 35.7 Å². The largest absolute Gasteiger partial charge is 0.391 e. The van der Waals surface area contributed by atoms with Gasteiger partial charge in [0.2, 0.25) is 0 Å². The summed E-state index contributed by atoms with van der Waals surface area (Å²) in [6.07, 6.45) is 2.63. The molecule has 0 spiro atoms. The molecule has 0 saturated heterocycles. The lowest BCUT2D eigenvalue weighted by atomic mass is 9.86. The fraction of sp³-hybridized carbons (Fsp3) is 0.412. The van der Waals surface area contributed by atoms with Gasteiger partial charge in [0.25, 0.3) is 10.1 Å². The van der Waals surface area contributed by atoms with Gasteiger partial charge in [-0.05, 0) is 47.4 Å². The van der Waals surface area contributed by atoms with Gasteiger partial charge in [-0.3, -0.25) is 4.18 Å². The third kappa shape index (κ3) is 4.01. The molecular formula is C17H20O4S2. The van der Waals surface area contributed by atoms with Gasteiger partial charge in [-0.2, -0.15) is 8.42 Å². The molecular weight excluding hydrogens is 332 g/mol. The minimum absolute atomic E-state index is 0.0770. The lowest BCUT2D eigenvalue weighted by Gasteiger charge is -2.21. The summed E-state index contributed by atoms with van der Waals surface area (Å²) in [5.74, 6) is 0.0770. The zero-order valence-electron chi connectivity index (χ0n) is 12.9. The van der Waals surface area contributed by atoms with Crippen molar-refractivity contribution in [1.82, 2.24) is 0 Å². The van der Waals surface area contributed by atoms with E-state index in [1.807, 2.05) is 12.1 Å². The summed E-state index contributed by atoms with van der Waals surface area (Å²) in [7, 11) is -3.54. The first kappa shape index (κ1) is 16.6. The second kappa shape index (κ2) is 6.73. The van der Waals surface area contributed by atoms with Crippen molar-refractivity contribution in [2.75, 3.05) is 12.9 Å². The maximum atomic E-state index is 11.1. The minimum Gasteiger partial charge on any atom is -0.391 e. The molecule has 0 fully saturated rings. The van der Waals surface area contributed by atoms with Crippen molar-refractivity contribution >= 4 is 21.5 Å². The smallest absolute Gasteiger partial charge is 0.264 e. The molecule has 1 aliphatic carbocycles. The Kier molecular flexibility index (Phi) is 4.87. The average Bonchev–Trinajstić information content (AvgIpc) is 2.91. The normalized spacial score (nSPS) is 18.8. The minimum atomic E-state index is -3.54. The van der Waals surface area contributed by atoms with E-state index in [2.05, 4.69) is 23.6 Å². The zero-order chi connectivity index (χ0) is 16.4. The number of benzene rings is 1. The predicted octanol–water partition coefficient (Wildman–Crippen LogP) is 2.71. The molecule has 124 valence electrons. The van der Waals surface area contributed by atoms with Crippen LogP contribution in [-0.4, -0.2) is 32.5 Å². The number of fused-ring (bicyclic) bond motifs is 2. The molecule has 0 amide bonds. The molecule has 1 aromatic carbocycles. The molecule has 2 unspecified atom stereocenters. The van der Waals surface area contributed by atoms with Crippen LogP contribution in [0, 0.1) is 0 Å². The summed E-state index contributed by atoms with van der Waals surface area (Å²) in [6, 6.07) is 10.4. The molecule has 0 radical (unpaired) electrons. The Morgan fingerprint density at radius 1 is 1.26 bits per heavy atom. The van der Waals surface area contributed by atoms with Gasteiger partial charge in [0.1, 0.15) is 0 Å². The number of rotatable bonds is 5. The average molecular weight is 352 g/mol. The number of aryl methyl sites for hydroxylation is 2. The molecule has 4 nitrogen and oxygen atoms in total. The molecule has 1 aliphatic rings. The summed E-state index contributed by atoms with van der Waals surface area (Å²) in [5, 5.41) is 12.3. The highest BCUT2D eigenvalue weighted by Crippen LogP contribution is 2.39. The third-order valence-corrected chi connectivity index (χ3v) is 5.75.